The summed E-state index contributed by atoms with van der Waals surface area (Å²) in [5.74, 6) is 0. The van der Waals surface area contributed by atoms with Crippen LogP contribution in [0.3, 0.4) is 0 Å². The van der Waals surface area contributed by atoms with E-state index in [0.29, 0.717) is 78.8 Å². The van der Waals surface area contributed by atoms with Gasteiger partial charge in [0, 0.05) is 133 Å². The van der Waals surface area contributed by atoms with Gasteiger partial charge in [0.1, 0.15) is 0 Å². The molecule has 0 aromatic carbocycles. The van der Waals surface area contributed by atoms with Gasteiger partial charge < -0.3 is 70.6 Å². The van der Waals surface area contributed by atoms with Gasteiger partial charge in [-0.1, -0.05) is 27.2 Å². The summed E-state index contributed by atoms with van der Waals surface area (Å²) in [4.78, 5) is 8.38. The molecule has 0 radical (unpaired) electrons. The van der Waals surface area contributed by atoms with Crippen LogP contribution in [-0.4, -0.2) is 251 Å². The average Bonchev–Trinajstić information content (AvgIpc) is 3.22. The molecular formula is C45H117O24P9. The third-order valence-corrected chi connectivity index (χ3v) is 15.1. The van der Waals surface area contributed by atoms with Crippen LogP contribution in [0.1, 0.15) is 67.7 Å². The summed E-state index contributed by atoms with van der Waals surface area (Å²) in [6, 6.07) is 0. The lowest BCUT2D eigenvalue weighted by Crippen LogP contribution is -2.05. The van der Waals surface area contributed by atoms with Gasteiger partial charge in [0.2, 0.25) is 7.37 Å². The molecule has 33 heteroatoms. The number of methoxy groups -OCH3 is 1. The minimum atomic E-state index is -2.65. The maximum Gasteiger partial charge on any atom is 0.202 e. The molecule has 0 fully saturated rings. The number of rotatable bonds is 32. The zero-order chi connectivity index (χ0) is 64.0. The minimum Gasteiger partial charge on any atom is -0.396 e. The van der Waals surface area contributed by atoms with Crippen molar-refractivity contribution in [2.75, 3.05) is 225 Å². The zero-order valence-corrected chi connectivity index (χ0v) is 60.7. The van der Waals surface area contributed by atoms with Gasteiger partial charge in [-0.25, -0.2) is 0 Å². The zero-order valence-electron chi connectivity index (χ0n) is 52.7. The van der Waals surface area contributed by atoms with Gasteiger partial charge in [0.05, 0.1) is 98.6 Å². The summed E-state index contributed by atoms with van der Waals surface area (Å²) < 4.78 is 151. The summed E-state index contributed by atoms with van der Waals surface area (Å²) in [7, 11) is -19.4. The predicted octanol–water partition coefficient (Wildman–Crippen LogP) is 11.9. The van der Waals surface area contributed by atoms with E-state index >= 15 is 0 Å². The molecule has 2 atom stereocenters. The fourth-order valence-electron chi connectivity index (χ4n) is 3.32. The number of aliphatic hydroxyl groups is 3. The minimum absolute atomic E-state index is 0.00983. The Morgan fingerprint density at radius 2 is 0.718 bits per heavy atom. The van der Waals surface area contributed by atoms with Gasteiger partial charge in [-0.3, -0.25) is 41.1 Å². The second kappa shape index (κ2) is 58.8. The van der Waals surface area contributed by atoms with E-state index < -0.39 is 66.3 Å². The number of unbranched alkanes of at least 4 members (excludes halogenated alkanes) is 1. The third kappa shape index (κ3) is 153. The Hall–Kier alpha value is 1.47. The number of hydrogen-bond acceptors (Lipinski definition) is 23. The van der Waals surface area contributed by atoms with Crippen LogP contribution in [0.25, 0.3) is 0 Å². The molecule has 78 heavy (non-hydrogen) atoms. The van der Waals surface area contributed by atoms with E-state index in [-0.39, 0.29) is 38.7 Å². The van der Waals surface area contributed by atoms with Crippen LogP contribution in [0.2, 0.25) is 0 Å². The molecule has 486 valence electrons. The van der Waals surface area contributed by atoms with Crippen molar-refractivity contribution in [2.24, 2.45) is 0 Å². The van der Waals surface area contributed by atoms with E-state index in [0.717, 1.165) is 19.3 Å². The number of aliphatic hydroxyl groups excluding tert-OH is 3. The Morgan fingerprint density at radius 3 is 0.936 bits per heavy atom. The van der Waals surface area contributed by atoms with Crippen LogP contribution in [0.5, 0.6) is 0 Å². The monoisotopic (exact) mass is 1320 g/mol. The van der Waals surface area contributed by atoms with Gasteiger partial charge in [0.15, 0.2) is 59.0 Å². The molecule has 2 unspecified atom stereocenters. The van der Waals surface area contributed by atoms with Gasteiger partial charge in [-0.15, -0.1) is 0 Å². The molecule has 0 heterocycles. The molecule has 0 amide bonds. The highest BCUT2D eigenvalue weighted by Gasteiger charge is 2.14. The van der Waals surface area contributed by atoms with Gasteiger partial charge >= 0.3 is 0 Å². The summed E-state index contributed by atoms with van der Waals surface area (Å²) in [6.07, 6.45) is 3.66. The fraction of sp³-hybridized carbons (Fsp3) is 1.00. The van der Waals surface area contributed by atoms with Crippen molar-refractivity contribution in [2.45, 2.75) is 73.8 Å². The first-order valence-electron chi connectivity index (χ1n) is 25.3. The highest BCUT2D eigenvalue weighted by Crippen LogP contribution is 2.42. The topological polar surface area (TPSA) is 336 Å². The molecule has 0 aliphatic carbocycles. The van der Waals surface area contributed by atoms with E-state index in [4.69, 9.17) is 70.6 Å². The van der Waals surface area contributed by atoms with Crippen LogP contribution in [0.15, 0.2) is 0 Å². The van der Waals surface area contributed by atoms with E-state index in [1.807, 2.05) is 34.6 Å². The SMILES string of the molecule is CC(C)OP(C)(C)=O.CCCCOP(C)(C)=O.CCCOP(C)(C)=O.CCOCCOP(C)(C)=O.CCOP(C)(C)=O.CCP(C)(=O)O.COCCOP(C)(C)=O.CP(=O)(CCO)OCCO.CP(C)(=O)OCCOCCO. The Bertz CT molecular complexity index is 1700. The lowest BCUT2D eigenvalue weighted by atomic mass is 10.4. The van der Waals surface area contributed by atoms with Crippen LogP contribution < -0.4 is 0 Å². The number of hydrogen-bond donors (Lipinski definition) is 4. The Kier molecular flexibility index (Phi) is 74.3. The van der Waals surface area contributed by atoms with E-state index in [9.17, 15) is 41.1 Å². The van der Waals surface area contributed by atoms with Crippen molar-refractivity contribution in [3.63, 3.8) is 0 Å². The van der Waals surface area contributed by atoms with Crippen molar-refractivity contribution >= 4 is 66.3 Å². The van der Waals surface area contributed by atoms with Gasteiger partial charge in [-0.05, 0) is 40.5 Å². The van der Waals surface area contributed by atoms with Crippen molar-refractivity contribution in [3.8, 4) is 0 Å². The van der Waals surface area contributed by atoms with Gasteiger partial charge in [-0.2, -0.15) is 0 Å². The molecule has 0 spiro atoms. The standard InChI is InChI=1S/C6H15O4P.C6H15O3P.C6H15O2P.C5H13O4P.C5H13O3P.2C5H13O2P.C4H11O2P.C3H9O2P/c1-11(2,8)10-6-5-9-4-3-7;1-4-8-5-6-9-10(2,3)7;1-4-5-6-8-9(2,3)7;1-10(8,5-3-7)9-4-2-6;1-7-4-5-8-9(2,3)6;1-5(2)7-8(3,4)6;1-4-5-7-8(2,3)6;1-4-6-7(2,3)5;1-3-6(2,4)5/h7H,3-6H2,1-2H3;4-6H2,1-3H3;4-6H2,1-3H3;6-7H,2-5H2,1H3;4-5H2,1-3H3;5H,1-4H3;4-5H2,1-3H3;4H2,1-3H3;3H2,1-2H3,(H,4,5). The average molecular weight is 1320 g/mol. The first kappa shape index (κ1) is 98.5. The van der Waals surface area contributed by atoms with Crippen molar-refractivity contribution in [1.29, 1.82) is 0 Å². The lowest BCUT2D eigenvalue weighted by Gasteiger charge is -2.10. The molecule has 0 aliphatic heterocycles. The number of ether oxygens (including phenoxy) is 3. The van der Waals surface area contributed by atoms with Crippen LogP contribution >= 0.6 is 66.3 Å². The molecular weight excluding hydrogens is 1200 g/mol. The third-order valence-electron chi connectivity index (χ3n) is 6.35. The highest BCUT2D eigenvalue weighted by atomic mass is 31.2. The van der Waals surface area contributed by atoms with E-state index in [1.54, 1.807) is 107 Å². The first-order valence-corrected chi connectivity index (χ1v) is 47.5. The molecule has 0 saturated heterocycles. The van der Waals surface area contributed by atoms with Crippen LogP contribution in [0.4, 0.5) is 0 Å². The summed E-state index contributed by atoms with van der Waals surface area (Å²) in [6.45, 7) is 43.7. The second-order valence-electron chi connectivity index (χ2n) is 18.8. The van der Waals surface area contributed by atoms with Crippen molar-refractivity contribution < 1.29 is 112 Å². The van der Waals surface area contributed by atoms with E-state index in [1.165, 1.54) is 13.3 Å². The molecule has 0 aromatic rings. The summed E-state index contributed by atoms with van der Waals surface area (Å²) in [5.41, 5.74) is 0. The molecule has 0 saturated carbocycles. The Labute approximate surface area is 475 Å². The molecule has 0 aromatic heterocycles. The fourth-order valence-corrected chi connectivity index (χ4v) is 8.65. The maximum absolute atomic E-state index is 11.1. The Balaban J connectivity index is -0.0000000986. The largest absolute Gasteiger partial charge is 0.396 e. The van der Waals surface area contributed by atoms with Crippen LogP contribution in [0, 0.1) is 0 Å². The molecule has 0 rings (SSSR count). The summed E-state index contributed by atoms with van der Waals surface area (Å²) in [5, 5.41) is 25.0. The van der Waals surface area contributed by atoms with E-state index in [2.05, 4.69) is 6.92 Å². The van der Waals surface area contributed by atoms with Gasteiger partial charge in [0.25, 0.3) is 0 Å². The maximum atomic E-state index is 11.1. The van der Waals surface area contributed by atoms with Crippen LogP contribution in [-0.2, 0) is 91.5 Å². The molecule has 4 N–H and O–H groups in total. The highest BCUT2D eigenvalue weighted by molar-refractivity contribution is 7.59. The Morgan fingerprint density at radius 1 is 0.372 bits per heavy atom. The molecule has 24 nitrogen and oxygen atoms in total. The second-order valence-corrected chi connectivity index (χ2v) is 43.5. The molecule has 0 aliphatic rings. The molecule has 0 bridgehead atoms. The normalized spacial score (nSPS) is 13.2. The lowest BCUT2D eigenvalue weighted by molar-refractivity contribution is 0.0715. The predicted molar refractivity (Wildman–Crippen MR) is 330 cm³/mol. The van der Waals surface area contributed by atoms with Crippen molar-refractivity contribution in [1.82, 2.24) is 0 Å². The quantitative estimate of drug-likeness (QED) is 0.0359. The van der Waals surface area contributed by atoms with Crippen molar-refractivity contribution in [3.05, 3.63) is 0 Å². The smallest absolute Gasteiger partial charge is 0.202 e. The first-order chi connectivity index (χ1) is 35.0. The summed E-state index contributed by atoms with van der Waals surface area (Å²) >= 11 is 0.